The summed E-state index contributed by atoms with van der Waals surface area (Å²) in [5.74, 6) is 1.19. The van der Waals surface area contributed by atoms with E-state index in [2.05, 4.69) is 5.32 Å². The SMILES string of the molecule is CCNC(C)(C)C(=O)c1cc(OC)ccc1OC. The summed E-state index contributed by atoms with van der Waals surface area (Å²) in [5.41, 5.74) is -0.100. The van der Waals surface area contributed by atoms with E-state index in [1.165, 1.54) is 0 Å². The molecule has 0 saturated carbocycles. The second kappa shape index (κ2) is 5.87. The van der Waals surface area contributed by atoms with E-state index in [-0.39, 0.29) is 5.78 Å². The maximum atomic E-state index is 12.5. The van der Waals surface area contributed by atoms with Crippen LogP contribution in [0.2, 0.25) is 0 Å². The van der Waals surface area contributed by atoms with Gasteiger partial charge in [0.25, 0.3) is 0 Å². The van der Waals surface area contributed by atoms with Crippen molar-refractivity contribution in [3.8, 4) is 11.5 Å². The summed E-state index contributed by atoms with van der Waals surface area (Å²) in [7, 11) is 3.13. The highest BCUT2D eigenvalue weighted by molar-refractivity contribution is 6.05. The van der Waals surface area contributed by atoms with E-state index in [0.29, 0.717) is 17.1 Å². The van der Waals surface area contributed by atoms with Crippen LogP contribution in [0.4, 0.5) is 0 Å². The minimum atomic E-state index is -0.631. The van der Waals surface area contributed by atoms with Gasteiger partial charge in [-0.2, -0.15) is 0 Å². The first kappa shape index (κ1) is 14.5. The van der Waals surface area contributed by atoms with Crippen molar-refractivity contribution in [1.29, 1.82) is 0 Å². The Morgan fingerprint density at radius 2 is 1.94 bits per heavy atom. The molecular weight excluding hydrogens is 230 g/mol. The Morgan fingerprint density at radius 3 is 2.44 bits per heavy atom. The number of methoxy groups -OCH3 is 2. The van der Waals surface area contributed by atoms with Gasteiger partial charge in [-0.15, -0.1) is 0 Å². The molecule has 0 aliphatic carbocycles. The summed E-state index contributed by atoms with van der Waals surface area (Å²) in [4.78, 5) is 12.5. The van der Waals surface area contributed by atoms with Crippen LogP contribution in [-0.4, -0.2) is 32.1 Å². The molecule has 0 unspecified atom stereocenters. The summed E-state index contributed by atoms with van der Waals surface area (Å²) < 4.78 is 10.4. The number of ketones is 1. The molecule has 1 aromatic rings. The van der Waals surface area contributed by atoms with Gasteiger partial charge in [0.15, 0.2) is 5.78 Å². The molecule has 0 heterocycles. The summed E-state index contributed by atoms with van der Waals surface area (Å²) in [6, 6.07) is 5.23. The van der Waals surface area contributed by atoms with Crippen LogP contribution < -0.4 is 14.8 Å². The smallest absolute Gasteiger partial charge is 0.186 e. The predicted molar refractivity (Wildman–Crippen MR) is 71.6 cm³/mol. The van der Waals surface area contributed by atoms with Crippen LogP contribution in [0.5, 0.6) is 11.5 Å². The van der Waals surface area contributed by atoms with Gasteiger partial charge in [-0.1, -0.05) is 6.92 Å². The highest BCUT2D eigenvalue weighted by atomic mass is 16.5. The van der Waals surface area contributed by atoms with Crippen molar-refractivity contribution in [2.75, 3.05) is 20.8 Å². The van der Waals surface area contributed by atoms with E-state index in [9.17, 15) is 4.79 Å². The lowest BCUT2D eigenvalue weighted by atomic mass is 9.92. The molecule has 4 nitrogen and oxygen atoms in total. The number of carbonyl (C=O) groups excluding carboxylic acids is 1. The topological polar surface area (TPSA) is 47.6 Å². The number of Topliss-reactive ketones (excluding diaryl/α,β-unsaturated/α-hetero) is 1. The zero-order valence-electron chi connectivity index (χ0n) is 11.7. The lowest BCUT2D eigenvalue weighted by Gasteiger charge is -2.25. The van der Waals surface area contributed by atoms with Crippen LogP contribution in [0.25, 0.3) is 0 Å². The molecule has 0 amide bonds. The van der Waals surface area contributed by atoms with Crippen molar-refractivity contribution in [3.63, 3.8) is 0 Å². The van der Waals surface area contributed by atoms with Crippen LogP contribution in [-0.2, 0) is 0 Å². The van der Waals surface area contributed by atoms with Gasteiger partial charge in [0.1, 0.15) is 11.5 Å². The van der Waals surface area contributed by atoms with Gasteiger partial charge in [0.05, 0.1) is 25.3 Å². The first-order valence-electron chi connectivity index (χ1n) is 5.98. The monoisotopic (exact) mass is 251 g/mol. The standard InChI is InChI=1S/C14H21NO3/c1-6-15-14(2,3)13(16)11-9-10(17-4)7-8-12(11)18-5/h7-9,15H,6H2,1-5H3. The van der Waals surface area contributed by atoms with E-state index in [1.807, 2.05) is 20.8 Å². The maximum Gasteiger partial charge on any atom is 0.186 e. The van der Waals surface area contributed by atoms with Gasteiger partial charge in [0, 0.05) is 0 Å². The van der Waals surface area contributed by atoms with Gasteiger partial charge in [-0.25, -0.2) is 0 Å². The van der Waals surface area contributed by atoms with Crippen LogP contribution >= 0.6 is 0 Å². The van der Waals surface area contributed by atoms with Gasteiger partial charge >= 0.3 is 0 Å². The zero-order chi connectivity index (χ0) is 13.8. The lowest BCUT2D eigenvalue weighted by Crippen LogP contribution is -2.46. The van der Waals surface area contributed by atoms with Gasteiger partial charge in [-0.05, 0) is 38.6 Å². The highest BCUT2D eigenvalue weighted by Crippen LogP contribution is 2.27. The van der Waals surface area contributed by atoms with Crippen LogP contribution in [0, 0.1) is 0 Å². The van der Waals surface area contributed by atoms with Crippen molar-refractivity contribution in [1.82, 2.24) is 5.32 Å². The molecular formula is C14H21NO3. The van der Waals surface area contributed by atoms with Crippen molar-refractivity contribution in [2.24, 2.45) is 0 Å². The third kappa shape index (κ3) is 3.01. The molecule has 100 valence electrons. The summed E-state index contributed by atoms with van der Waals surface area (Å²) in [6.07, 6.45) is 0. The maximum absolute atomic E-state index is 12.5. The van der Waals surface area contributed by atoms with Crippen LogP contribution in [0.1, 0.15) is 31.1 Å². The largest absolute Gasteiger partial charge is 0.497 e. The number of benzene rings is 1. The third-order valence-corrected chi connectivity index (χ3v) is 2.84. The quantitative estimate of drug-likeness (QED) is 0.788. The molecule has 4 heteroatoms. The third-order valence-electron chi connectivity index (χ3n) is 2.84. The summed E-state index contributed by atoms with van der Waals surface area (Å²) in [6.45, 7) is 6.42. The van der Waals surface area contributed by atoms with E-state index in [0.717, 1.165) is 6.54 Å². The molecule has 1 aromatic carbocycles. The lowest BCUT2D eigenvalue weighted by molar-refractivity contribution is 0.0880. The molecule has 18 heavy (non-hydrogen) atoms. The average molecular weight is 251 g/mol. The number of likely N-dealkylation sites (N-methyl/N-ethyl adjacent to an activating group) is 1. The Morgan fingerprint density at radius 1 is 1.28 bits per heavy atom. The predicted octanol–water partition coefficient (Wildman–Crippen LogP) is 2.27. The zero-order valence-corrected chi connectivity index (χ0v) is 11.7. The minimum Gasteiger partial charge on any atom is -0.497 e. The van der Waals surface area contributed by atoms with Gasteiger partial charge < -0.3 is 14.8 Å². The molecule has 0 bridgehead atoms. The average Bonchev–Trinajstić information content (AvgIpc) is 2.37. The van der Waals surface area contributed by atoms with E-state index in [1.54, 1.807) is 32.4 Å². The fourth-order valence-electron chi connectivity index (χ4n) is 1.85. The Kier molecular flexibility index (Phi) is 4.73. The Balaban J connectivity index is 3.17. The molecule has 0 radical (unpaired) electrons. The second-order valence-corrected chi connectivity index (χ2v) is 4.55. The minimum absolute atomic E-state index is 0.0138. The second-order valence-electron chi connectivity index (χ2n) is 4.55. The number of hydrogen-bond donors (Lipinski definition) is 1. The molecule has 1 rings (SSSR count). The van der Waals surface area contributed by atoms with Crippen LogP contribution in [0.3, 0.4) is 0 Å². The first-order valence-corrected chi connectivity index (χ1v) is 5.98. The van der Waals surface area contributed by atoms with Crippen molar-refractivity contribution in [3.05, 3.63) is 23.8 Å². The Hall–Kier alpha value is -1.55. The Labute approximate surface area is 108 Å². The molecule has 0 saturated heterocycles. The molecule has 0 spiro atoms. The molecule has 0 fully saturated rings. The molecule has 0 aliphatic rings. The Bertz CT molecular complexity index is 427. The number of hydrogen-bond acceptors (Lipinski definition) is 4. The molecule has 0 aromatic heterocycles. The molecule has 1 N–H and O–H groups in total. The number of carbonyl (C=O) groups is 1. The fraction of sp³-hybridized carbons (Fsp3) is 0.500. The van der Waals surface area contributed by atoms with Gasteiger partial charge in [-0.3, -0.25) is 4.79 Å². The van der Waals surface area contributed by atoms with Crippen LogP contribution in [0.15, 0.2) is 18.2 Å². The van der Waals surface area contributed by atoms with Gasteiger partial charge in [0.2, 0.25) is 0 Å². The number of nitrogens with one attached hydrogen (secondary N) is 1. The summed E-state index contributed by atoms with van der Waals surface area (Å²) in [5, 5.41) is 3.16. The van der Waals surface area contributed by atoms with E-state index in [4.69, 9.17) is 9.47 Å². The fourth-order valence-corrected chi connectivity index (χ4v) is 1.85. The first-order chi connectivity index (χ1) is 8.46. The van der Waals surface area contributed by atoms with E-state index < -0.39 is 5.54 Å². The molecule has 0 atom stereocenters. The number of rotatable bonds is 6. The molecule has 0 aliphatic heterocycles. The number of ether oxygens (including phenoxy) is 2. The van der Waals surface area contributed by atoms with Crippen molar-refractivity contribution >= 4 is 5.78 Å². The van der Waals surface area contributed by atoms with Crippen molar-refractivity contribution < 1.29 is 14.3 Å². The van der Waals surface area contributed by atoms with E-state index >= 15 is 0 Å². The summed E-state index contributed by atoms with van der Waals surface area (Å²) >= 11 is 0. The van der Waals surface area contributed by atoms with Crippen molar-refractivity contribution in [2.45, 2.75) is 26.3 Å². The highest BCUT2D eigenvalue weighted by Gasteiger charge is 2.29. The normalized spacial score (nSPS) is 11.2.